The van der Waals surface area contributed by atoms with Crippen molar-refractivity contribution in [1.29, 1.82) is 0 Å². The SMILES string of the molecule is Cn1c(=O)c(C(=NN)c2ccc([N+](=O)[O-])c(-c3nn[nH]n3)c2[N+](=O)[O-])c(O)c2ccccc21. The molecule has 15 heteroatoms. The molecule has 0 aliphatic heterocycles. The van der Waals surface area contributed by atoms with Crippen molar-refractivity contribution >= 4 is 28.0 Å². The van der Waals surface area contributed by atoms with Crippen molar-refractivity contribution in [3.05, 3.63) is 78.1 Å². The number of tetrazole rings is 1. The number of rotatable bonds is 5. The number of hydrogen-bond acceptors (Lipinski definition) is 11. The Labute approximate surface area is 182 Å². The monoisotopic (exact) mass is 451 g/mol. The van der Waals surface area contributed by atoms with Gasteiger partial charge in [0, 0.05) is 18.5 Å². The van der Waals surface area contributed by atoms with Crippen LogP contribution in [0.3, 0.4) is 0 Å². The highest BCUT2D eigenvalue weighted by atomic mass is 16.6. The van der Waals surface area contributed by atoms with Crippen LogP contribution in [0.2, 0.25) is 0 Å². The van der Waals surface area contributed by atoms with Crippen molar-refractivity contribution in [2.24, 2.45) is 18.0 Å². The van der Waals surface area contributed by atoms with Gasteiger partial charge in [0.25, 0.3) is 16.9 Å². The van der Waals surface area contributed by atoms with Crippen molar-refractivity contribution in [3.8, 4) is 17.1 Å². The van der Waals surface area contributed by atoms with Gasteiger partial charge >= 0.3 is 0 Å². The summed E-state index contributed by atoms with van der Waals surface area (Å²) in [6.45, 7) is 0. The van der Waals surface area contributed by atoms with Crippen LogP contribution in [0.25, 0.3) is 22.3 Å². The molecule has 0 aliphatic rings. The first-order valence-corrected chi connectivity index (χ1v) is 9.06. The fourth-order valence-electron chi connectivity index (χ4n) is 3.56. The molecule has 4 aromatic rings. The number of fused-ring (bicyclic) bond motifs is 1. The van der Waals surface area contributed by atoms with Gasteiger partial charge in [-0.3, -0.25) is 25.0 Å². The van der Waals surface area contributed by atoms with Crippen LogP contribution in [-0.2, 0) is 7.05 Å². The minimum absolute atomic E-state index is 0.263. The normalized spacial score (nSPS) is 11.6. The molecule has 33 heavy (non-hydrogen) atoms. The molecule has 0 saturated heterocycles. The zero-order valence-electron chi connectivity index (χ0n) is 16.7. The van der Waals surface area contributed by atoms with E-state index in [0.717, 1.165) is 12.1 Å². The molecule has 0 saturated carbocycles. The van der Waals surface area contributed by atoms with Crippen molar-refractivity contribution in [2.75, 3.05) is 0 Å². The van der Waals surface area contributed by atoms with Gasteiger partial charge in [0.05, 0.1) is 20.9 Å². The Kier molecular flexibility index (Phi) is 4.97. The summed E-state index contributed by atoms with van der Waals surface area (Å²) >= 11 is 0. The molecule has 0 fully saturated rings. The highest BCUT2D eigenvalue weighted by molar-refractivity contribution is 6.19. The number of hydrazone groups is 1. The van der Waals surface area contributed by atoms with Gasteiger partial charge in [-0.05, 0) is 23.4 Å². The summed E-state index contributed by atoms with van der Waals surface area (Å²) in [6.07, 6.45) is 0. The molecule has 0 amide bonds. The Bertz CT molecular complexity index is 1520. The Hall–Kier alpha value is -5.21. The van der Waals surface area contributed by atoms with Gasteiger partial charge in [-0.15, -0.1) is 10.2 Å². The standard InChI is InChI=1S/C18H13N9O6/c1-25-10-5-3-2-4-8(10)16(28)13(18(25)29)14(20-19)9-6-7-11(26(30)31)12(15(9)27(32)33)17-21-23-24-22-17/h2-7,28H,19H2,1H3,(H,21,22,23,24). The fraction of sp³-hybridized carbons (Fsp3) is 0.0556. The molecule has 2 aromatic heterocycles. The highest BCUT2D eigenvalue weighted by Gasteiger charge is 2.36. The van der Waals surface area contributed by atoms with Gasteiger partial charge < -0.3 is 15.5 Å². The number of aromatic hydroxyl groups is 1. The van der Waals surface area contributed by atoms with Crippen molar-refractivity contribution in [2.45, 2.75) is 0 Å². The van der Waals surface area contributed by atoms with Crippen LogP contribution in [0.5, 0.6) is 5.75 Å². The van der Waals surface area contributed by atoms with Gasteiger partial charge in [0.2, 0.25) is 5.82 Å². The molecule has 4 rings (SSSR count). The van der Waals surface area contributed by atoms with Crippen LogP contribution < -0.4 is 11.4 Å². The third kappa shape index (κ3) is 3.19. The predicted molar refractivity (Wildman–Crippen MR) is 114 cm³/mol. The lowest BCUT2D eigenvalue weighted by molar-refractivity contribution is -0.392. The number of nitro groups is 2. The van der Waals surface area contributed by atoms with Gasteiger partial charge in [-0.2, -0.15) is 10.3 Å². The van der Waals surface area contributed by atoms with E-state index < -0.39 is 55.2 Å². The molecule has 166 valence electrons. The Balaban J connectivity index is 2.12. The first-order valence-electron chi connectivity index (χ1n) is 9.06. The lowest BCUT2D eigenvalue weighted by Gasteiger charge is -2.14. The topological polar surface area (TPSA) is 221 Å². The lowest BCUT2D eigenvalue weighted by Crippen LogP contribution is -2.27. The number of aromatic amines is 1. The van der Waals surface area contributed by atoms with Crippen LogP contribution in [0.4, 0.5) is 11.4 Å². The van der Waals surface area contributed by atoms with Gasteiger partial charge in [-0.25, -0.2) is 0 Å². The number of hydrogen-bond donors (Lipinski definition) is 3. The Morgan fingerprint density at radius 1 is 1.18 bits per heavy atom. The largest absolute Gasteiger partial charge is 0.506 e. The second-order valence-electron chi connectivity index (χ2n) is 6.69. The first-order chi connectivity index (χ1) is 15.8. The number of H-pyrrole nitrogens is 1. The molecule has 0 aliphatic carbocycles. The van der Waals surface area contributed by atoms with Crippen molar-refractivity contribution < 1.29 is 15.0 Å². The van der Waals surface area contributed by atoms with E-state index in [-0.39, 0.29) is 10.9 Å². The maximum atomic E-state index is 13.1. The summed E-state index contributed by atoms with van der Waals surface area (Å²) in [5.74, 6) is 4.59. The number of nitrogens with two attached hydrogens (primary N) is 1. The van der Waals surface area contributed by atoms with Crippen LogP contribution in [0, 0.1) is 20.2 Å². The maximum absolute atomic E-state index is 13.1. The molecule has 0 spiro atoms. The number of nitrogens with zero attached hydrogens (tertiary/aromatic N) is 7. The highest BCUT2D eigenvalue weighted by Crippen LogP contribution is 2.40. The van der Waals surface area contributed by atoms with E-state index >= 15 is 0 Å². The van der Waals surface area contributed by atoms with Crippen LogP contribution in [0.1, 0.15) is 11.1 Å². The number of nitro benzene ring substituents is 2. The zero-order valence-corrected chi connectivity index (χ0v) is 16.7. The number of pyridine rings is 1. The molecule has 0 radical (unpaired) electrons. The van der Waals surface area contributed by atoms with E-state index in [1.165, 1.54) is 17.7 Å². The van der Waals surface area contributed by atoms with Crippen molar-refractivity contribution in [3.63, 3.8) is 0 Å². The van der Waals surface area contributed by atoms with Crippen LogP contribution in [-0.4, -0.2) is 45.9 Å². The fourth-order valence-corrected chi connectivity index (χ4v) is 3.56. The van der Waals surface area contributed by atoms with E-state index in [1.807, 2.05) is 0 Å². The minimum atomic E-state index is -0.915. The maximum Gasteiger partial charge on any atom is 0.296 e. The third-order valence-corrected chi connectivity index (χ3v) is 5.00. The van der Waals surface area contributed by atoms with E-state index in [2.05, 4.69) is 25.7 Å². The van der Waals surface area contributed by atoms with E-state index in [1.54, 1.807) is 18.2 Å². The lowest BCUT2D eigenvalue weighted by atomic mass is 9.95. The quantitative estimate of drug-likeness (QED) is 0.169. The summed E-state index contributed by atoms with van der Waals surface area (Å²) in [7, 11) is 1.44. The third-order valence-electron chi connectivity index (χ3n) is 5.00. The predicted octanol–water partition coefficient (Wildman–Crippen LogP) is 0.952. The summed E-state index contributed by atoms with van der Waals surface area (Å²) in [5.41, 5.74) is -3.69. The van der Waals surface area contributed by atoms with Crippen LogP contribution in [0.15, 0.2) is 46.3 Å². The average Bonchev–Trinajstić information content (AvgIpc) is 3.34. The Morgan fingerprint density at radius 2 is 1.91 bits per heavy atom. The molecule has 0 bridgehead atoms. The van der Waals surface area contributed by atoms with Gasteiger partial charge in [0.1, 0.15) is 17.0 Å². The molecule has 0 unspecified atom stereocenters. The first kappa shape index (κ1) is 21.0. The van der Waals surface area contributed by atoms with Crippen molar-refractivity contribution in [1.82, 2.24) is 25.2 Å². The molecular formula is C18H13N9O6. The smallest absolute Gasteiger partial charge is 0.296 e. The molecule has 0 atom stereocenters. The van der Waals surface area contributed by atoms with E-state index in [0.29, 0.717) is 5.52 Å². The number of para-hydroxylation sites is 1. The number of aryl methyl sites for hydroxylation is 1. The van der Waals surface area contributed by atoms with Crippen LogP contribution >= 0.6 is 0 Å². The summed E-state index contributed by atoms with van der Waals surface area (Å²) in [5, 5.41) is 50.9. The second kappa shape index (κ2) is 7.80. The molecule has 2 aromatic carbocycles. The minimum Gasteiger partial charge on any atom is -0.506 e. The average molecular weight is 451 g/mol. The number of aromatic nitrogens is 5. The Morgan fingerprint density at radius 3 is 2.52 bits per heavy atom. The van der Waals surface area contributed by atoms with Gasteiger partial charge in [-0.1, -0.05) is 12.1 Å². The summed E-state index contributed by atoms with van der Waals surface area (Å²) in [4.78, 5) is 35.0. The van der Waals surface area contributed by atoms with Gasteiger partial charge in [0.15, 0.2) is 5.56 Å². The summed E-state index contributed by atoms with van der Waals surface area (Å²) in [6, 6.07) is 8.40. The second-order valence-corrected chi connectivity index (χ2v) is 6.69. The zero-order chi connectivity index (χ0) is 23.9. The molecule has 15 nitrogen and oxygen atoms in total. The number of nitrogens with one attached hydrogen (secondary N) is 1. The molecule has 2 heterocycles. The molecule has 4 N–H and O–H groups in total. The van der Waals surface area contributed by atoms with E-state index in [9.17, 15) is 30.1 Å². The number of benzene rings is 2. The molecular weight excluding hydrogens is 438 g/mol. The summed E-state index contributed by atoms with van der Waals surface area (Å²) < 4.78 is 1.22. The van der Waals surface area contributed by atoms with E-state index in [4.69, 9.17) is 5.84 Å².